The first-order valence-corrected chi connectivity index (χ1v) is 12.4. The zero-order valence-corrected chi connectivity index (χ0v) is 20.8. The molecule has 0 aliphatic carbocycles. The molecule has 178 valence electrons. The molecule has 0 heterocycles. The van der Waals surface area contributed by atoms with E-state index in [-0.39, 0.29) is 4.90 Å². The molecular weight excluding hydrogens is 497 g/mol. The van der Waals surface area contributed by atoms with Gasteiger partial charge in [0, 0.05) is 21.4 Å². The molecule has 0 aromatic heterocycles. The summed E-state index contributed by atoms with van der Waals surface area (Å²) in [5.74, 6) is -1.23. The van der Waals surface area contributed by atoms with Crippen LogP contribution in [0.1, 0.15) is 11.1 Å². The Hall–Kier alpha value is -2.91. The number of hydrogen-bond donors (Lipinski definition) is 2. The third-order valence-corrected chi connectivity index (χ3v) is 7.24. The molecule has 3 aromatic rings. The highest BCUT2D eigenvalue weighted by atomic mass is 35.5. The minimum absolute atomic E-state index is 0.0338. The lowest BCUT2D eigenvalue weighted by Gasteiger charge is -2.22. The van der Waals surface area contributed by atoms with Crippen molar-refractivity contribution < 1.29 is 18.0 Å². The summed E-state index contributed by atoms with van der Waals surface area (Å²) in [7, 11) is -4.15. The van der Waals surface area contributed by atoms with Crippen LogP contribution < -0.4 is 10.6 Å². The lowest BCUT2D eigenvalue weighted by atomic mass is 10.2. The van der Waals surface area contributed by atoms with Crippen molar-refractivity contribution in [3.63, 3.8) is 0 Å². The van der Waals surface area contributed by atoms with Crippen LogP contribution in [0.2, 0.25) is 10.0 Å². The molecule has 2 amide bonds. The normalized spacial score (nSPS) is 11.3. The monoisotopic (exact) mass is 519 g/mol. The molecule has 0 aliphatic heterocycles. The number of hydrogen-bond acceptors (Lipinski definition) is 4. The number of nitrogens with one attached hydrogen (secondary N) is 2. The van der Waals surface area contributed by atoms with Crippen LogP contribution >= 0.6 is 23.2 Å². The van der Waals surface area contributed by atoms with Crippen molar-refractivity contribution in [3.8, 4) is 0 Å². The number of amides is 2. The van der Waals surface area contributed by atoms with Crippen molar-refractivity contribution in [2.75, 3.05) is 23.7 Å². The van der Waals surface area contributed by atoms with Crippen LogP contribution in [0.25, 0.3) is 0 Å². The van der Waals surface area contributed by atoms with Crippen molar-refractivity contribution in [1.29, 1.82) is 0 Å². The summed E-state index contributed by atoms with van der Waals surface area (Å²) in [6.45, 7) is 2.41. The summed E-state index contributed by atoms with van der Waals surface area (Å²) in [5, 5.41) is 6.18. The Bertz CT molecular complexity index is 1250. The van der Waals surface area contributed by atoms with Crippen LogP contribution in [-0.4, -0.2) is 37.6 Å². The van der Waals surface area contributed by atoms with Gasteiger partial charge in [0.15, 0.2) is 0 Å². The average molecular weight is 520 g/mol. The molecule has 10 heteroatoms. The first-order valence-electron chi connectivity index (χ1n) is 10.2. The third kappa shape index (κ3) is 6.57. The molecule has 0 spiro atoms. The molecule has 0 atom stereocenters. The highest BCUT2D eigenvalue weighted by Crippen LogP contribution is 2.22. The van der Waals surface area contributed by atoms with Gasteiger partial charge in [-0.25, -0.2) is 8.42 Å². The number of anilines is 2. The summed E-state index contributed by atoms with van der Waals surface area (Å²) in [6, 6.07) is 17.6. The maximum absolute atomic E-state index is 13.3. The zero-order valence-electron chi connectivity index (χ0n) is 18.5. The van der Waals surface area contributed by atoms with Crippen LogP contribution in [0, 0.1) is 13.8 Å². The molecular formula is C24H23Cl2N3O4S. The average Bonchev–Trinajstić information content (AvgIpc) is 2.79. The van der Waals surface area contributed by atoms with Crippen LogP contribution in [-0.2, 0) is 19.6 Å². The summed E-state index contributed by atoms with van der Waals surface area (Å²) < 4.78 is 27.4. The number of sulfonamides is 1. The third-order valence-electron chi connectivity index (χ3n) is 4.97. The van der Waals surface area contributed by atoms with Gasteiger partial charge in [0.1, 0.15) is 0 Å². The molecule has 0 radical (unpaired) electrons. The van der Waals surface area contributed by atoms with Gasteiger partial charge in [-0.05, 0) is 61.4 Å². The van der Waals surface area contributed by atoms with Crippen LogP contribution in [0.5, 0.6) is 0 Å². The summed E-state index contributed by atoms with van der Waals surface area (Å²) in [4.78, 5) is 25.6. The van der Waals surface area contributed by atoms with Crippen molar-refractivity contribution >= 4 is 56.4 Å². The lowest BCUT2D eigenvalue weighted by molar-refractivity contribution is -0.118. The maximum Gasteiger partial charge on any atom is 0.244 e. The van der Waals surface area contributed by atoms with E-state index < -0.39 is 34.9 Å². The Morgan fingerprint density at radius 3 is 1.65 bits per heavy atom. The van der Waals surface area contributed by atoms with Gasteiger partial charge in [-0.2, -0.15) is 4.31 Å². The molecule has 0 saturated carbocycles. The smallest absolute Gasteiger partial charge is 0.244 e. The summed E-state index contributed by atoms with van der Waals surface area (Å²) in [6.07, 6.45) is 0. The largest absolute Gasteiger partial charge is 0.325 e. The zero-order chi connectivity index (χ0) is 24.9. The van der Waals surface area contributed by atoms with E-state index in [0.29, 0.717) is 21.4 Å². The van der Waals surface area contributed by atoms with Crippen molar-refractivity contribution in [1.82, 2.24) is 4.31 Å². The van der Waals surface area contributed by atoms with E-state index in [0.717, 1.165) is 15.4 Å². The molecule has 3 aromatic carbocycles. The summed E-state index contributed by atoms with van der Waals surface area (Å²) in [5.41, 5.74) is 2.41. The van der Waals surface area contributed by atoms with E-state index in [1.165, 1.54) is 12.1 Å². The Labute approximate surface area is 208 Å². The lowest BCUT2D eigenvalue weighted by Crippen LogP contribution is -2.42. The predicted octanol–water partition coefficient (Wildman–Crippen LogP) is 4.88. The minimum atomic E-state index is -4.15. The predicted molar refractivity (Wildman–Crippen MR) is 135 cm³/mol. The van der Waals surface area contributed by atoms with Gasteiger partial charge in [-0.15, -0.1) is 0 Å². The molecule has 7 nitrogen and oxygen atoms in total. The van der Waals surface area contributed by atoms with E-state index in [4.69, 9.17) is 23.2 Å². The second-order valence-electron chi connectivity index (χ2n) is 7.60. The Morgan fingerprint density at radius 1 is 0.765 bits per heavy atom. The minimum Gasteiger partial charge on any atom is -0.325 e. The maximum atomic E-state index is 13.3. The Morgan fingerprint density at radius 2 is 1.21 bits per heavy atom. The fourth-order valence-corrected chi connectivity index (χ4v) is 4.84. The first kappa shape index (κ1) is 25.7. The number of carbonyl (C=O) groups excluding carboxylic acids is 2. The van der Waals surface area contributed by atoms with E-state index in [1.54, 1.807) is 68.4 Å². The molecule has 0 unspecified atom stereocenters. The van der Waals surface area contributed by atoms with E-state index in [9.17, 15) is 18.0 Å². The van der Waals surface area contributed by atoms with Gasteiger partial charge in [-0.1, -0.05) is 53.5 Å². The van der Waals surface area contributed by atoms with Gasteiger partial charge in [0.25, 0.3) is 0 Å². The number of aryl methyl sites for hydroxylation is 2. The van der Waals surface area contributed by atoms with E-state index in [2.05, 4.69) is 10.6 Å². The number of benzene rings is 3. The number of rotatable bonds is 8. The van der Waals surface area contributed by atoms with Crippen molar-refractivity contribution in [2.45, 2.75) is 18.7 Å². The van der Waals surface area contributed by atoms with Gasteiger partial charge in [-0.3, -0.25) is 9.59 Å². The highest BCUT2D eigenvalue weighted by molar-refractivity contribution is 7.89. The van der Waals surface area contributed by atoms with Gasteiger partial charge >= 0.3 is 0 Å². The molecule has 0 aliphatic rings. The van der Waals surface area contributed by atoms with Crippen LogP contribution in [0.4, 0.5) is 11.4 Å². The molecule has 3 rings (SSSR count). The molecule has 0 saturated heterocycles. The van der Waals surface area contributed by atoms with Crippen LogP contribution in [0.3, 0.4) is 0 Å². The first-order chi connectivity index (χ1) is 16.1. The Balaban J connectivity index is 1.84. The molecule has 2 N–H and O–H groups in total. The summed E-state index contributed by atoms with van der Waals surface area (Å²) >= 11 is 12.0. The van der Waals surface area contributed by atoms with E-state index >= 15 is 0 Å². The molecule has 0 bridgehead atoms. The molecule has 0 fully saturated rings. The van der Waals surface area contributed by atoms with Gasteiger partial charge < -0.3 is 10.6 Å². The van der Waals surface area contributed by atoms with Gasteiger partial charge in [0.05, 0.1) is 18.0 Å². The van der Waals surface area contributed by atoms with Crippen molar-refractivity contribution in [3.05, 3.63) is 87.9 Å². The number of carbonyl (C=O) groups is 2. The van der Waals surface area contributed by atoms with Gasteiger partial charge in [0.2, 0.25) is 21.8 Å². The van der Waals surface area contributed by atoms with Crippen molar-refractivity contribution in [2.24, 2.45) is 0 Å². The Kier molecular flexibility index (Phi) is 8.33. The standard InChI is InChI=1S/C24H23Cl2N3O4S/c1-16-8-10-18(25)12-21(16)27-23(30)14-29(34(32,33)20-6-4-3-5-7-20)15-24(31)28-22-13-19(26)11-9-17(22)2/h3-13H,14-15H2,1-2H3,(H,27,30)(H,28,31). The quantitative estimate of drug-likeness (QED) is 0.443. The van der Waals surface area contributed by atoms with Crippen LogP contribution in [0.15, 0.2) is 71.6 Å². The molecule has 34 heavy (non-hydrogen) atoms. The highest BCUT2D eigenvalue weighted by Gasteiger charge is 2.29. The number of halogens is 2. The fraction of sp³-hybridized carbons (Fsp3) is 0.167. The topological polar surface area (TPSA) is 95.6 Å². The SMILES string of the molecule is Cc1ccc(Cl)cc1NC(=O)CN(CC(=O)Nc1cc(Cl)ccc1C)S(=O)(=O)c1ccccc1. The van der Waals surface area contributed by atoms with E-state index in [1.807, 2.05) is 0 Å². The fourth-order valence-electron chi connectivity index (χ4n) is 3.12. The second-order valence-corrected chi connectivity index (χ2v) is 10.4. The second kappa shape index (κ2) is 11.0. The number of nitrogens with zero attached hydrogens (tertiary/aromatic N) is 1.